The number of phenols is 1. The van der Waals surface area contributed by atoms with Gasteiger partial charge in [0.1, 0.15) is 5.75 Å². The van der Waals surface area contributed by atoms with E-state index in [1.807, 2.05) is 4.90 Å². The van der Waals surface area contributed by atoms with Crippen LogP contribution in [0.2, 0.25) is 5.02 Å². The number of carbonyl (C=O) groups is 1. The van der Waals surface area contributed by atoms with E-state index in [9.17, 15) is 9.90 Å². The lowest BCUT2D eigenvalue weighted by atomic mass is 9.75. The lowest BCUT2D eigenvalue weighted by Crippen LogP contribution is -2.41. The van der Waals surface area contributed by atoms with Crippen LogP contribution < -0.4 is 0 Å². The third-order valence-corrected chi connectivity index (χ3v) is 4.43. The Morgan fingerprint density at radius 2 is 1.90 bits per heavy atom. The van der Waals surface area contributed by atoms with Gasteiger partial charge in [-0.05, 0) is 42.4 Å². The number of carbonyl (C=O) groups excluding carboxylic acids is 1. The summed E-state index contributed by atoms with van der Waals surface area (Å²) in [4.78, 5) is 14.2. The highest BCUT2D eigenvalue weighted by Crippen LogP contribution is 2.35. The SMILES string of the molecule is CC(C)(C)C1CCN(C(=O)c2ccc(Cl)cc2O)CC1. The molecule has 0 spiro atoms. The average Bonchev–Trinajstić information content (AvgIpc) is 2.37. The fraction of sp³-hybridized carbons (Fsp3) is 0.562. The third-order valence-electron chi connectivity index (χ3n) is 4.20. The largest absolute Gasteiger partial charge is 0.507 e. The fourth-order valence-electron chi connectivity index (χ4n) is 2.80. The van der Waals surface area contributed by atoms with Gasteiger partial charge in [0, 0.05) is 18.1 Å². The van der Waals surface area contributed by atoms with E-state index in [0.717, 1.165) is 25.9 Å². The first kappa shape index (κ1) is 15.2. The molecule has 1 heterocycles. The molecule has 1 aliphatic rings. The standard InChI is InChI=1S/C16H22ClNO2/c1-16(2,3)11-6-8-18(9-7-11)15(20)13-5-4-12(17)10-14(13)19/h4-5,10-11,19H,6-9H2,1-3H3. The number of halogens is 1. The van der Waals surface area contributed by atoms with Crippen molar-refractivity contribution in [2.75, 3.05) is 13.1 Å². The molecule has 4 heteroatoms. The van der Waals surface area contributed by atoms with Crippen LogP contribution in [0.4, 0.5) is 0 Å². The lowest BCUT2D eigenvalue weighted by molar-refractivity contribution is 0.0606. The van der Waals surface area contributed by atoms with Crippen molar-refractivity contribution in [2.45, 2.75) is 33.6 Å². The summed E-state index contributed by atoms with van der Waals surface area (Å²) in [6.07, 6.45) is 2.03. The van der Waals surface area contributed by atoms with Crippen LogP contribution in [0.5, 0.6) is 5.75 Å². The maximum absolute atomic E-state index is 12.4. The van der Waals surface area contributed by atoms with Crippen LogP contribution in [0.25, 0.3) is 0 Å². The van der Waals surface area contributed by atoms with Gasteiger partial charge in [0.15, 0.2) is 0 Å². The number of hydrogen-bond donors (Lipinski definition) is 1. The van der Waals surface area contributed by atoms with Gasteiger partial charge in [-0.15, -0.1) is 0 Å². The molecule has 1 aromatic carbocycles. The number of piperidine rings is 1. The maximum Gasteiger partial charge on any atom is 0.257 e. The highest BCUT2D eigenvalue weighted by Gasteiger charge is 2.31. The Bertz CT molecular complexity index is 500. The van der Waals surface area contributed by atoms with Crippen LogP contribution in [0.15, 0.2) is 18.2 Å². The summed E-state index contributed by atoms with van der Waals surface area (Å²) in [6, 6.07) is 4.64. The molecule has 20 heavy (non-hydrogen) atoms. The summed E-state index contributed by atoms with van der Waals surface area (Å²) < 4.78 is 0. The van der Waals surface area contributed by atoms with Crippen LogP contribution in [0.3, 0.4) is 0 Å². The van der Waals surface area contributed by atoms with Gasteiger partial charge < -0.3 is 10.0 Å². The van der Waals surface area contributed by atoms with Gasteiger partial charge in [-0.2, -0.15) is 0 Å². The van der Waals surface area contributed by atoms with Crippen LogP contribution in [0, 0.1) is 11.3 Å². The van der Waals surface area contributed by atoms with Gasteiger partial charge in [-0.3, -0.25) is 4.79 Å². The van der Waals surface area contributed by atoms with Gasteiger partial charge in [0.25, 0.3) is 5.91 Å². The summed E-state index contributed by atoms with van der Waals surface area (Å²) >= 11 is 5.79. The van der Waals surface area contributed by atoms with Crippen molar-refractivity contribution in [3.63, 3.8) is 0 Å². The van der Waals surface area contributed by atoms with Crippen molar-refractivity contribution in [2.24, 2.45) is 11.3 Å². The van der Waals surface area contributed by atoms with E-state index in [4.69, 9.17) is 11.6 Å². The normalized spacial score (nSPS) is 17.3. The Kier molecular flexibility index (Phi) is 4.28. The second-order valence-electron chi connectivity index (χ2n) is 6.59. The van der Waals surface area contributed by atoms with Crippen molar-refractivity contribution in [3.05, 3.63) is 28.8 Å². The first-order valence-corrected chi connectivity index (χ1v) is 7.44. The molecule has 110 valence electrons. The minimum atomic E-state index is -0.105. The molecule has 1 N–H and O–H groups in total. The summed E-state index contributed by atoms with van der Waals surface area (Å²) in [7, 11) is 0. The van der Waals surface area contributed by atoms with E-state index in [0.29, 0.717) is 16.5 Å². The number of nitrogens with zero attached hydrogens (tertiary/aromatic N) is 1. The molecule has 0 atom stereocenters. The maximum atomic E-state index is 12.4. The van der Waals surface area contributed by atoms with Crippen molar-refractivity contribution < 1.29 is 9.90 Å². The molecular formula is C16H22ClNO2. The molecular weight excluding hydrogens is 274 g/mol. The smallest absolute Gasteiger partial charge is 0.257 e. The second-order valence-corrected chi connectivity index (χ2v) is 7.03. The minimum absolute atomic E-state index is 0.0413. The molecule has 1 fully saturated rings. The summed E-state index contributed by atoms with van der Waals surface area (Å²) in [5, 5.41) is 10.3. The molecule has 1 aromatic rings. The Balaban J connectivity index is 2.05. The number of phenolic OH excluding ortho intramolecular Hbond substituents is 1. The van der Waals surface area contributed by atoms with E-state index in [2.05, 4.69) is 20.8 Å². The fourth-order valence-corrected chi connectivity index (χ4v) is 2.97. The Hall–Kier alpha value is -1.22. The predicted octanol–water partition coefficient (Wildman–Crippen LogP) is 3.94. The molecule has 1 saturated heterocycles. The number of rotatable bonds is 1. The highest BCUT2D eigenvalue weighted by molar-refractivity contribution is 6.30. The summed E-state index contributed by atoms with van der Waals surface area (Å²) in [5.74, 6) is 0.498. The van der Waals surface area contributed by atoms with Crippen molar-refractivity contribution in [3.8, 4) is 5.75 Å². The topological polar surface area (TPSA) is 40.5 Å². The van der Waals surface area contributed by atoms with E-state index >= 15 is 0 Å². The van der Waals surface area contributed by atoms with Gasteiger partial charge in [-0.1, -0.05) is 32.4 Å². The zero-order valence-electron chi connectivity index (χ0n) is 12.3. The summed E-state index contributed by atoms with van der Waals surface area (Å²) in [6.45, 7) is 8.26. The monoisotopic (exact) mass is 295 g/mol. The zero-order valence-corrected chi connectivity index (χ0v) is 13.1. The Morgan fingerprint density at radius 3 is 2.40 bits per heavy atom. The van der Waals surface area contributed by atoms with Crippen LogP contribution in [-0.2, 0) is 0 Å². The van der Waals surface area contributed by atoms with Crippen molar-refractivity contribution >= 4 is 17.5 Å². The lowest BCUT2D eigenvalue weighted by Gasteiger charge is -2.38. The van der Waals surface area contributed by atoms with Gasteiger partial charge in [0.05, 0.1) is 5.56 Å². The molecule has 1 amide bonds. The molecule has 2 rings (SSSR count). The number of amides is 1. The molecule has 0 bridgehead atoms. The second kappa shape index (κ2) is 5.65. The van der Waals surface area contributed by atoms with Crippen LogP contribution >= 0.6 is 11.6 Å². The van der Waals surface area contributed by atoms with Gasteiger partial charge in [-0.25, -0.2) is 0 Å². The Morgan fingerprint density at radius 1 is 1.30 bits per heavy atom. The number of benzene rings is 1. The zero-order chi connectivity index (χ0) is 14.9. The van der Waals surface area contributed by atoms with Gasteiger partial charge in [0.2, 0.25) is 0 Å². The van der Waals surface area contributed by atoms with Crippen molar-refractivity contribution in [1.29, 1.82) is 0 Å². The van der Waals surface area contributed by atoms with Crippen LogP contribution in [0.1, 0.15) is 44.0 Å². The number of hydrogen-bond acceptors (Lipinski definition) is 2. The number of likely N-dealkylation sites (tertiary alicyclic amines) is 1. The van der Waals surface area contributed by atoms with Crippen molar-refractivity contribution in [1.82, 2.24) is 4.90 Å². The minimum Gasteiger partial charge on any atom is -0.507 e. The van der Waals surface area contributed by atoms with E-state index < -0.39 is 0 Å². The molecule has 3 nitrogen and oxygen atoms in total. The van der Waals surface area contributed by atoms with E-state index in [1.54, 1.807) is 12.1 Å². The molecule has 0 aliphatic carbocycles. The quantitative estimate of drug-likeness (QED) is 0.852. The molecule has 1 aliphatic heterocycles. The molecule has 0 saturated carbocycles. The predicted molar refractivity (Wildman–Crippen MR) is 81.2 cm³/mol. The Labute approximate surface area is 125 Å². The summed E-state index contributed by atoms with van der Waals surface area (Å²) in [5.41, 5.74) is 0.626. The highest BCUT2D eigenvalue weighted by atomic mass is 35.5. The average molecular weight is 296 g/mol. The van der Waals surface area contributed by atoms with Crippen LogP contribution in [-0.4, -0.2) is 29.0 Å². The number of aromatic hydroxyl groups is 1. The molecule has 0 radical (unpaired) electrons. The first-order chi connectivity index (χ1) is 9.29. The van der Waals surface area contributed by atoms with Gasteiger partial charge >= 0.3 is 0 Å². The molecule has 0 unspecified atom stereocenters. The first-order valence-electron chi connectivity index (χ1n) is 7.07. The van der Waals surface area contributed by atoms with E-state index in [1.165, 1.54) is 6.07 Å². The third kappa shape index (κ3) is 3.26. The van der Waals surface area contributed by atoms with E-state index in [-0.39, 0.29) is 17.1 Å². The molecule has 0 aromatic heterocycles.